The third-order valence-electron chi connectivity index (χ3n) is 3.87. The highest BCUT2D eigenvalue weighted by molar-refractivity contribution is 5.79. The first-order valence-corrected chi connectivity index (χ1v) is 6.67. The van der Waals surface area contributed by atoms with Crippen molar-refractivity contribution in [2.75, 3.05) is 13.1 Å². The maximum absolute atomic E-state index is 12.2. The molecule has 2 fully saturated rings. The van der Waals surface area contributed by atoms with Crippen LogP contribution in [-0.2, 0) is 4.79 Å². The lowest BCUT2D eigenvalue weighted by Gasteiger charge is -2.27. The normalized spacial score (nSPS) is 24.9. The van der Waals surface area contributed by atoms with Crippen LogP contribution in [-0.4, -0.2) is 23.9 Å². The molecule has 0 atom stereocenters. The SMILES string of the molecule is O=C(C1CCCC1)N1CCCCCCC1. The molecule has 1 aliphatic carbocycles. The van der Waals surface area contributed by atoms with E-state index in [9.17, 15) is 4.79 Å². The van der Waals surface area contributed by atoms with E-state index in [1.807, 2.05) is 0 Å². The molecular formula is C13H23NO. The van der Waals surface area contributed by atoms with Crippen molar-refractivity contribution in [1.29, 1.82) is 0 Å². The highest BCUT2D eigenvalue weighted by Gasteiger charge is 2.26. The van der Waals surface area contributed by atoms with Crippen LogP contribution in [0.3, 0.4) is 0 Å². The van der Waals surface area contributed by atoms with Crippen LogP contribution in [0.5, 0.6) is 0 Å². The van der Waals surface area contributed by atoms with Gasteiger partial charge in [0.2, 0.25) is 5.91 Å². The number of carbonyl (C=O) groups is 1. The minimum Gasteiger partial charge on any atom is -0.342 e. The van der Waals surface area contributed by atoms with Crippen molar-refractivity contribution in [2.45, 2.75) is 57.8 Å². The van der Waals surface area contributed by atoms with Crippen molar-refractivity contribution >= 4 is 5.91 Å². The van der Waals surface area contributed by atoms with Gasteiger partial charge in [-0.1, -0.05) is 32.1 Å². The van der Waals surface area contributed by atoms with Crippen LogP contribution in [0.15, 0.2) is 0 Å². The summed E-state index contributed by atoms with van der Waals surface area (Å²) >= 11 is 0. The summed E-state index contributed by atoms with van der Waals surface area (Å²) < 4.78 is 0. The molecule has 1 aliphatic heterocycles. The molecule has 1 amide bonds. The Hall–Kier alpha value is -0.530. The van der Waals surface area contributed by atoms with E-state index in [1.165, 1.54) is 44.9 Å². The minimum atomic E-state index is 0.379. The second-order valence-corrected chi connectivity index (χ2v) is 5.07. The van der Waals surface area contributed by atoms with E-state index < -0.39 is 0 Å². The van der Waals surface area contributed by atoms with Crippen molar-refractivity contribution in [3.8, 4) is 0 Å². The fourth-order valence-corrected chi connectivity index (χ4v) is 2.90. The Morgan fingerprint density at radius 2 is 1.33 bits per heavy atom. The molecule has 0 aromatic heterocycles. The molecule has 1 saturated carbocycles. The number of nitrogens with zero attached hydrogens (tertiary/aromatic N) is 1. The fourth-order valence-electron chi connectivity index (χ4n) is 2.90. The van der Waals surface area contributed by atoms with Gasteiger partial charge in [-0.15, -0.1) is 0 Å². The van der Waals surface area contributed by atoms with Crippen molar-refractivity contribution in [3.63, 3.8) is 0 Å². The first-order chi connectivity index (χ1) is 7.38. The topological polar surface area (TPSA) is 20.3 Å². The Morgan fingerprint density at radius 1 is 0.800 bits per heavy atom. The average Bonchev–Trinajstić information content (AvgIpc) is 2.68. The number of hydrogen-bond acceptors (Lipinski definition) is 1. The maximum atomic E-state index is 12.2. The summed E-state index contributed by atoms with van der Waals surface area (Å²) in [6, 6.07) is 0. The summed E-state index contributed by atoms with van der Waals surface area (Å²) in [4.78, 5) is 14.3. The van der Waals surface area contributed by atoms with Gasteiger partial charge >= 0.3 is 0 Å². The van der Waals surface area contributed by atoms with Crippen molar-refractivity contribution in [1.82, 2.24) is 4.90 Å². The molecule has 0 bridgehead atoms. The summed E-state index contributed by atoms with van der Waals surface area (Å²) in [6.07, 6.45) is 11.3. The number of amides is 1. The van der Waals surface area contributed by atoms with Gasteiger partial charge < -0.3 is 4.90 Å². The monoisotopic (exact) mass is 209 g/mol. The van der Waals surface area contributed by atoms with Crippen LogP contribution < -0.4 is 0 Å². The Bertz CT molecular complexity index is 201. The smallest absolute Gasteiger partial charge is 0.225 e. The van der Waals surface area contributed by atoms with E-state index in [0.29, 0.717) is 11.8 Å². The highest BCUT2D eigenvalue weighted by Crippen LogP contribution is 2.27. The second-order valence-electron chi connectivity index (χ2n) is 5.07. The molecule has 0 radical (unpaired) electrons. The van der Waals surface area contributed by atoms with Gasteiger partial charge in [0, 0.05) is 19.0 Å². The lowest BCUT2D eigenvalue weighted by atomic mass is 10.0. The standard InChI is InChI=1S/C13H23NO/c15-13(12-8-4-5-9-12)14-10-6-2-1-3-7-11-14/h12H,1-11H2. The van der Waals surface area contributed by atoms with E-state index in [1.54, 1.807) is 0 Å². The summed E-state index contributed by atoms with van der Waals surface area (Å²) in [5, 5.41) is 0. The van der Waals surface area contributed by atoms with Crippen LogP contribution in [0, 0.1) is 5.92 Å². The van der Waals surface area contributed by atoms with Gasteiger partial charge in [-0.2, -0.15) is 0 Å². The lowest BCUT2D eigenvalue weighted by Crippen LogP contribution is -2.37. The third kappa shape index (κ3) is 2.96. The maximum Gasteiger partial charge on any atom is 0.225 e. The van der Waals surface area contributed by atoms with Crippen molar-refractivity contribution in [3.05, 3.63) is 0 Å². The quantitative estimate of drug-likeness (QED) is 0.650. The summed E-state index contributed by atoms with van der Waals surface area (Å²) in [7, 11) is 0. The lowest BCUT2D eigenvalue weighted by molar-refractivity contribution is -0.135. The van der Waals surface area contributed by atoms with Gasteiger partial charge in [-0.05, 0) is 25.7 Å². The number of carbonyl (C=O) groups excluding carboxylic acids is 1. The van der Waals surface area contributed by atoms with E-state index >= 15 is 0 Å². The summed E-state index contributed by atoms with van der Waals surface area (Å²) in [5.41, 5.74) is 0. The summed E-state index contributed by atoms with van der Waals surface area (Å²) in [5.74, 6) is 0.846. The van der Waals surface area contributed by atoms with Crippen LogP contribution in [0.25, 0.3) is 0 Å². The molecule has 0 unspecified atom stereocenters. The Morgan fingerprint density at radius 3 is 1.93 bits per heavy atom. The molecule has 0 aromatic carbocycles. The van der Waals surface area contributed by atoms with Crippen molar-refractivity contribution in [2.24, 2.45) is 5.92 Å². The number of hydrogen-bond donors (Lipinski definition) is 0. The molecule has 2 aliphatic rings. The molecule has 2 heteroatoms. The van der Waals surface area contributed by atoms with E-state index in [-0.39, 0.29) is 0 Å². The zero-order valence-corrected chi connectivity index (χ0v) is 9.71. The van der Waals surface area contributed by atoms with E-state index in [0.717, 1.165) is 25.9 Å². The van der Waals surface area contributed by atoms with Gasteiger partial charge in [0.25, 0.3) is 0 Å². The number of likely N-dealkylation sites (tertiary alicyclic amines) is 1. The predicted molar refractivity (Wildman–Crippen MR) is 61.6 cm³/mol. The molecule has 15 heavy (non-hydrogen) atoms. The molecule has 1 saturated heterocycles. The highest BCUT2D eigenvalue weighted by atomic mass is 16.2. The molecule has 2 nitrogen and oxygen atoms in total. The second kappa shape index (κ2) is 5.53. The van der Waals surface area contributed by atoms with Crippen LogP contribution in [0.4, 0.5) is 0 Å². The van der Waals surface area contributed by atoms with Gasteiger partial charge in [0.05, 0.1) is 0 Å². The Kier molecular flexibility index (Phi) is 4.04. The Labute approximate surface area is 93.0 Å². The van der Waals surface area contributed by atoms with Gasteiger partial charge in [0.1, 0.15) is 0 Å². The van der Waals surface area contributed by atoms with Gasteiger partial charge in [-0.25, -0.2) is 0 Å². The minimum absolute atomic E-state index is 0.379. The summed E-state index contributed by atoms with van der Waals surface area (Å²) in [6.45, 7) is 2.05. The Balaban J connectivity index is 1.85. The molecule has 1 heterocycles. The van der Waals surface area contributed by atoms with Crippen LogP contribution in [0.2, 0.25) is 0 Å². The number of rotatable bonds is 1. The molecule has 0 aromatic rings. The predicted octanol–water partition coefficient (Wildman–Crippen LogP) is 2.97. The van der Waals surface area contributed by atoms with E-state index in [4.69, 9.17) is 0 Å². The van der Waals surface area contributed by atoms with E-state index in [2.05, 4.69) is 4.90 Å². The third-order valence-corrected chi connectivity index (χ3v) is 3.87. The largest absolute Gasteiger partial charge is 0.342 e. The van der Waals surface area contributed by atoms with Gasteiger partial charge in [0.15, 0.2) is 0 Å². The first-order valence-electron chi connectivity index (χ1n) is 6.67. The fraction of sp³-hybridized carbons (Fsp3) is 0.923. The average molecular weight is 209 g/mol. The molecule has 2 rings (SSSR count). The van der Waals surface area contributed by atoms with Gasteiger partial charge in [-0.3, -0.25) is 4.79 Å². The zero-order valence-electron chi connectivity index (χ0n) is 9.71. The molecular weight excluding hydrogens is 186 g/mol. The van der Waals surface area contributed by atoms with Crippen LogP contribution >= 0.6 is 0 Å². The molecule has 0 spiro atoms. The van der Waals surface area contributed by atoms with Crippen LogP contribution in [0.1, 0.15) is 57.8 Å². The first kappa shape index (κ1) is 11.0. The zero-order chi connectivity index (χ0) is 10.5. The molecule has 86 valence electrons. The van der Waals surface area contributed by atoms with Crippen molar-refractivity contribution < 1.29 is 4.79 Å². The molecule has 0 N–H and O–H groups in total.